The number of fused-ring (bicyclic) bond motifs is 1. The first kappa shape index (κ1) is 17.8. The van der Waals surface area contributed by atoms with Crippen molar-refractivity contribution in [3.8, 4) is 0 Å². The molecular weight excluding hydrogens is 360 g/mol. The fourth-order valence-electron chi connectivity index (χ4n) is 2.54. The van der Waals surface area contributed by atoms with Crippen LogP contribution in [0.5, 0.6) is 0 Å². The van der Waals surface area contributed by atoms with E-state index >= 15 is 0 Å². The largest absolute Gasteiger partial charge is 0.419 e. The maximum absolute atomic E-state index is 12.6. The highest BCUT2D eigenvalue weighted by molar-refractivity contribution is 7.98. The third-order valence-corrected chi connectivity index (χ3v) is 6.30. The summed E-state index contributed by atoms with van der Waals surface area (Å²) in [5, 5.41) is 0. The number of aryl methyl sites for hydroxylation is 1. The Hall–Kier alpha value is -2.03. The predicted octanol–water partition coefficient (Wildman–Crippen LogP) is 2.89. The third-order valence-electron chi connectivity index (χ3n) is 4.02. The van der Waals surface area contributed by atoms with E-state index < -0.39 is 15.8 Å². The van der Waals surface area contributed by atoms with E-state index in [0.29, 0.717) is 5.52 Å². The van der Waals surface area contributed by atoms with E-state index in [1.54, 1.807) is 31.8 Å². The highest BCUT2D eigenvalue weighted by Crippen LogP contribution is 2.22. The number of rotatable bonds is 5. The summed E-state index contributed by atoms with van der Waals surface area (Å²) < 4.78 is 34.3. The van der Waals surface area contributed by atoms with E-state index in [1.807, 2.05) is 30.5 Å². The number of nitrogens with zero attached hydrogens (tertiary/aromatic N) is 1. The molecule has 6 nitrogen and oxygen atoms in total. The van der Waals surface area contributed by atoms with Gasteiger partial charge >= 0.3 is 5.76 Å². The molecule has 0 unspecified atom stereocenters. The summed E-state index contributed by atoms with van der Waals surface area (Å²) in [5.74, 6) is -0.528. The summed E-state index contributed by atoms with van der Waals surface area (Å²) in [5.41, 5.74) is 1.66. The van der Waals surface area contributed by atoms with E-state index in [2.05, 4.69) is 4.72 Å². The normalized spacial score (nSPS) is 13.2. The number of sulfonamides is 1. The lowest BCUT2D eigenvalue weighted by atomic mass is 10.1. The van der Waals surface area contributed by atoms with Crippen molar-refractivity contribution >= 4 is 32.9 Å². The van der Waals surface area contributed by atoms with Crippen molar-refractivity contribution in [3.63, 3.8) is 0 Å². The number of hydrogen-bond donors (Lipinski definition) is 1. The summed E-state index contributed by atoms with van der Waals surface area (Å²) in [4.78, 5) is 12.7. The van der Waals surface area contributed by atoms with Gasteiger partial charge in [0.25, 0.3) is 0 Å². The minimum Gasteiger partial charge on any atom is -0.408 e. The molecule has 0 radical (unpaired) electrons. The van der Waals surface area contributed by atoms with Crippen molar-refractivity contribution in [1.82, 2.24) is 9.29 Å². The second kappa shape index (κ2) is 6.70. The van der Waals surface area contributed by atoms with Gasteiger partial charge in [0.1, 0.15) is 0 Å². The van der Waals surface area contributed by atoms with Crippen LogP contribution in [0, 0.1) is 0 Å². The monoisotopic (exact) mass is 378 g/mol. The zero-order valence-electron chi connectivity index (χ0n) is 14.0. The highest BCUT2D eigenvalue weighted by Gasteiger charge is 2.20. The van der Waals surface area contributed by atoms with Crippen LogP contribution in [0.25, 0.3) is 11.1 Å². The number of hydrogen-bond acceptors (Lipinski definition) is 5. The fourth-order valence-corrected chi connectivity index (χ4v) is 4.20. The molecule has 1 N–H and O–H groups in total. The molecule has 132 valence electrons. The molecule has 8 heteroatoms. The third kappa shape index (κ3) is 3.51. The molecule has 1 aromatic heterocycles. The van der Waals surface area contributed by atoms with Gasteiger partial charge in [-0.15, -0.1) is 11.8 Å². The predicted molar refractivity (Wildman–Crippen MR) is 98.4 cm³/mol. The van der Waals surface area contributed by atoms with E-state index in [9.17, 15) is 13.2 Å². The van der Waals surface area contributed by atoms with Gasteiger partial charge in [0.2, 0.25) is 10.0 Å². The van der Waals surface area contributed by atoms with E-state index in [0.717, 1.165) is 10.5 Å². The van der Waals surface area contributed by atoms with Gasteiger partial charge in [0.05, 0.1) is 10.4 Å². The Morgan fingerprint density at radius 2 is 1.84 bits per heavy atom. The van der Waals surface area contributed by atoms with Crippen LogP contribution in [0.15, 0.2) is 61.5 Å². The lowest BCUT2D eigenvalue weighted by molar-refractivity contribution is 0.527. The Kier molecular flexibility index (Phi) is 4.77. The Morgan fingerprint density at radius 3 is 2.48 bits per heavy atom. The molecule has 2 aromatic carbocycles. The zero-order chi connectivity index (χ0) is 18.2. The van der Waals surface area contributed by atoms with Crippen molar-refractivity contribution in [3.05, 3.63) is 58.6 Å². The number of aromatic nitrogens is 1. The molecule has 0 amide bonds. The summed E-state index contributed by atoms with van der Waals surface area (Å²) in [7, 11) is -2.17. The molecule has 0 aliphatic carbocycles. The SMILES string of the molecule is CSc1ccc([C@@H](C)NS(=O)(=O)c2ccc3c(c2)oc(=O)n3C)cc1. The maximum Gasteiger partial charge on any atom is 0.419 e. The van der Waals surface area contributed by atoms with Gasteiger partial charge < -0.3 is 4.42 Å². The Bertz CT molecular complexity index is 1070. The molecule has 3 rings (SSSR count). The van der Waals surface area contributed by atoms with Crippen molar-refractivity contribution in [2.45, 2.75) is 22.8 Å². The smallest absolute Gasteiger partial charge is 0.408 e. The first-order valence-corrected chi connectivity index (χ1v) is 10.3. The fraction of sp³-hybridized carbons (Fsp3) is 0.235. The summed E-state index contributed by atoms with van der Waals surface area (Å²) >= 11 is 1.63. The number of thioether (sulfide) groups is 1. The minimum atomic E-state index is -3.74. The molecule has 0 spiro atoms. The van der Waals surface area contributed by atoms with Crippen molar-refractivity contribution < 1.29 is 12.8 Å². The molecule has 1 heterocycles. The number of oxazole rings is 1. The van der Waals surface area contributed by atoms with Gasteiger partial charge in [-0.2, -0.15) is 0 Å². The molecule has 0 saturated heterocycles. The van der Waals surface area contributed by atoms with Crippen molar-refractivity contribution in [2.24, 2.45) is 7.05 Å². The van der Waals surface area contributed by atoms with Crippen LogP contribution in [0.2, 0.25) is 0 Å². The quantitative estimate of drug-likeness (QED) is 0.691. The summed E-state index contributed by atoms with van der Waals surface area (Å²) in [6.07, 6.45) is 1.99. The van der Waals surface area contributed by atoms with Crippen molar-refractivity contribution in [2.75, 3.05) is 6.26 Å². The first-order valence-electron chi connectivity index (χ1n) is 7.57. The lowest BCUT2D eigenvalue weighted by Crippen LogP contribution is -2.26. The number of nitrogens with one attached hydrogen (secondary N) is 1. The minimum absolute atomic E-state index is 0.0573. The van der Waals surface area contributed by atoms with Gasteiger partial charge in [-0.05, 0) is 43.0 Å². The van der Waals surface area contributed by atoms with E-state index in [-0.39, 0.29) is 16.5 Å². The summed E-state index contributed by atoms with van der Waals surface area (Å²) in [6.45, 7) is 1.78. The van der Waals surface area contributed by atoms with Crippen molar-refractivity contribution in [1.29, 1.82) is 0 Å². The van der Waals surface area contributed by atoms with E-state index in [4.69, 9.17) is 4.42 Å². The van der Waals surface area contributed by atoms with Crippen LogP contribution < -0.4 is 10.5 Å². The Morgan fingerprint density at radius 1 is 1.16 bits per heavy atom. The van der Waals surface area contributed by atoms with Gasteiger partial charge in [-0.3, -0.25) is 4.57 Å². The van der Waals surface area contributed by atoms with Gasteiger partial charge in [-0.1, -0.05) is 12.1 Å². The lowest BCUT2D eigenvalue weighted by Gasteiger charge is -2.15. The highest BCUT2D eigenvalue weighted by atomic mass is 32.2. The molecule has 0 saturated carbocycles. The van der Waals surface area contributed by atoms with E-state index in [1.165, 1.54) is 16.7 Å². The van der Waals surface area contributed by atoms with Crippen LogP contribution >= 0.6 is 11.8 Å². The second-order valence-corrected chi connectivity index (χ2v) is 8.27. The second-order valence-electron chi connectivity index (χ2n) is 5.67. The van der Waals surface area contributed by atoms with Gasteiger partial charge in [-0.25, -0.2) is 17.9 Å². The molecule has 1 atom stereocenters. The molecule has 0 aliphatic rings. The average molecular weight is 378 g/mol. The first-order chi connectivity index (χ1) is 11.8. The molecule has 0 aliphatic heterocycles. The van der Waals surface area contributed by atoms with Gasteiger partial charge in [0.15, 0.2) is 5.58 Å². The Labute approximate surface area is 149 Å². The topological polar surface area (TPSA) is 81.3 Å². The number of benzene rings is 2. The average Bonchev–Trinajstić information content (AvgIpc) is 2.88. The Balaban J connectivity index is 1.89. The molecular formula is C17H18N2O4S2. The molecule has 3 aromatic rings. The van der Waals surface area contributed by atoms with Crippen LogP contribution in [0.3, 0.4) is 0 Å². The molecule has 0 bridgehead atoms. The maximum atomic E-state index is 12.6. The van der Waals surface area contributed by atoms with Crippen LogP contribution in [-0.4, -0.2) is 19.2 Å². The molecule has 0 fully saturated rings. The van der Waals surface area contributed by atoms with Crippen LogP contribution in [-0.2, 0) is 17.1 Å². The standard InChI is InChI=1S/C17H18N2O4S2/c1-11(12-4-6-13(24-3)7-5-12)18-25(21,22)14-8-9-15-16(10-14)23-17(20)19(15)2/h4-11,18H,1-3H3/t11-/m1/s1. The van der Waals surface area contributed by atoms with Crippen LogP contribution in [0.1, 0.15) is 18.5 Å². The van der Waals surface area contributed by atoms with Gasteiger partial charge in [0, 0.05) is 24.1 Å². The summed E-state index contributed by atoms with van der Waals surface area (Å²) in [6, 6.07) is 11.7. The van der Waals surface area contributed by atoms with Crippen LogP contribution in [0.4, 0.5) is 0 Å². The molecule has 25 heavy (non-hydrogen) atoms. The zero-order valence-corrected chi connectivity index (χ0v) is 15.6.